The maximum Gasteiger partial charge on any atom is 0.255 e. The maximum absolute atomic E-state index is 12.4. The van der Waals surface area contributed by atoms with E-state index in [1.54, 1.807) is 36.3 Å². The van der Waals surface area contributed by atoms with Crippen molar-refractivity contribution in [3.63, 3.8) is 0 Å². The largest absolute Gasteiger partial charge is 0.379 e. The van der Waals surface area contributed by atoms with Crippen molar-refractivity contribution in [1.82, 2.24) is 4.98 Å². The highest BCUT2D eigenvalue weighted by molar-refractivity contribution is 8.13. The number of nitrogens with two attached hydrogens (primary N) is 1. The van der Waals surface area contributed by atoms with Gasteiger partial charge in [-0.1, -0.05) is 30.3 Å². The molecule has 0 bridgehead atoms. The number of aliphatic imine (C=N–C) groups is 1. The number of hydrogen-bond acceptors (Lipinski definition) is 5. The first-order chi connectivity index (χ1) is 12.2. The number of aromatic nitrogens is 1. The quantitative estimate of drug-likeness (QED) is 0.771. The maximum atomic E-state index is 12.4. The van der Waals surface area contributed by atoms with Gasteiger partial charge in [-0.05, 0) is 48.6 Å². The number of anilines is 1. The van der Waals surface area contributed by atoms with Crippen LogP contribution in [0.1, 0.15) is 35.2 Å². The molecule has 0 spiro atoms. The first-order valence-corrected chi connectivity index (χ1v) is 9.46. The van der Waals surface area contributed by atoms with E-state index < -0.39 is 0 Å². The van der Waals surface area contributed by atoms with Gasteiger partial charge in [0, 0.05) is 29.4 Å². The molecule has 1 aliphatic carbocycles. The molecule has 1 amide bonds. The van der Waals surface area contributed by atoms with Gasteiger partial charge in [0.2, 0.25) is 0 Å². The van der Waals surface area contributed by atoms with Crippen LogP contribution >= 0.6 is 36.6 Å². The third-order valence-corrected chi connectivity index (χ3v) is 6.05. The minimum absolute atomic E-state index is 0. The van der Waals surface area contributed by atoms with Crippen LogP contribution in [0.3, 0.4) is 0 Å². The number of rotatable bonds is 3. The van der Waals surface area contributed by atoms with E-state index in [9.17, 15) is 4.79 Å². The first-order valence-electron chi connectivity index (χ1n) is 8.47. The van der Waals surface area contributed by atoms with Gasteiger partial charge >= 0.3 is 0 Å². The molecule has 1 fully saturated rings. The van der Waals surface area contributed by atoms with Gasteiger partial charge in [0.1, 0.15) is 0 Å². The molecule has 0 saturated heterocycles. The van der Waals surface area contributed by atoms with Gasteiger partial charge in [-0.15, -0.1) is 24.8 Å². The average molecular weight is 425 g/mol. The second-order valence-corrected chi connectivity index (χ2v) is 7.59. The summed E-state index contributed by atoms with van der Waals surface area (Å²) in [6, 6.07) is 11.4. The van der Waals surface area contributed by atoms with Crippen LogP contribution in [-0.2, 0) is 5.54 Å². The number of pyridine rings is 1. The van der Waals surface area contributed by atoms with Crippen molar-refractivity contribution in [1.29, 1.82) is 0 Å². The highest BCUT2D eigenvalue weighted by Crippen LogP contribution is 2.50. The van der Waals surface area contributed by atoms with Crippen LogP contribution in [0.2, 0.25) is 0 Å². The molecule has 1 aromatic carbocycles. The number of fused-ring (bicyclic) bond motifs is 1. The smallest absolute Gasteiger partial charge is 0.255 e. The summed E-state index contributed by atoms with van der Waals surface area (Å²) in [7, 11) is 0. The average Bonchev–Trinajstić information content (AvgIpc) is 3.07. The van der Waals surface area contributed by atoms with Crippen molar-refractivity contribution in [3.8, 4) is 0 Å². The monoisotopic (exact) mass is 424 g/mol. The van der Waals surface area contributed by atoms with Crippen LogP contribution < -0.4 is 11.1 Å². The molecule has 2 aliphatic rings. The van der Waals surface area contributed by atoms with Gasteiger partial charge in [0.05, 0.1) is 5.54 Å². The topological polar surface area (TPSA) is 80.4 Å². The third kappa shape index (κ3) is 4.23. The summed E-state index contributed by atoms with van der Waals surface area (Å²) in [6.07, 6.45) is 6.59. The molecule has 5 nitrogen and oxygen atoms in total. The van der Waals surface area contributed by atoms with E-state index in [1.807, 2.05) is 18.2 Å². The molecule has 8 heteroatoms. The molecule has 2 heterocycles. The SMILES string of the molecule is Cl.Cl.NC1=N[C@@]2(c3cccc(NC(=O)c4ccncc4)c3)CCC[C@H]2CS1. The fraction of sp³-hybridized carbons (Fsp3) is 0.316. The Bertz CT molecular complexity index is 833. The van der Waals surface area contributed by atoms with Crippen molar-refractivity contribution in [3.05, 3.63) is 59.9 Å². The molecule has 1 aromatic heterocycles. The van der Waals surface area contributed by atoms with E-state index in [0.717, 1.165) is 29.8 Å². The van der Waals surface area contributed by atoms with E-state index in [4.69, 9.17) is 10.7 Å². The number of hydrogen-bond donors (Lipinski definition) is 2. The number of amides is 1. The summed E-state index contributed by atoms with van der Waals surface area (Å²) in [5.41, 5.74) is 8.34. The number of carbonyl (C=O) groups is 1. The fourth-order valence-corrected chi connectivity index (χ4v) is 4.90. The molecule has 0 radical (unpaired) electrons. The molecular weight excluding hydrogens is 403 g/mol. The van der Waals surface area contributed by atoms with E-state index in [-0.39, 0.29) is 36.3 Å². The zero-order valence-corrected chi connectivity index (χ0v) is 17.1. The van der Waals surface area contributed by atoms with E-state index >= 15 is 0 Å². The van der Waals surface area contributed by atoms with Crippen molar-refractivity contribution in [2.24, 2.45) is 16.6 Å². The number of halogens is 2. The van der Waals surface area contributed by atoms with Gasteiger partial charge in [0.15, 0.2) is 5.17 Å². The van der Waals surface area contributed by atoms with Gasteiger partial charge in [-0.25, -0.2) is 0 Å². The van der Waals surface area contributed by atoms with Gasteiger partial charge in [-0.3, -0.25) is 14.8 Å². The zero-order valence-electron chi connectivity index (χ0n) is 14.6. The molecule has 1 aliphatic heterocycles. The summed E-state index contributed by atoms with van der Waals surface area (Å²) in [5.74, 6) is 1.39. The molecule has 27 heavy (non-hydrogen) atoms. The Kier molecular flexibility index (Phi) is 7.14. The van der Waals surface area contributed by atoms with Crippen LogP contribution in [0.4, 0.5) is 5.69 Å². The predicted molar refractivity (Wildman–Crippen MR) is 116 cm³/mol. The molecule has 1 saturated carbocycles. The molecule has 3 N–H and O–H groups in total. The van der Waals surface area contributed by atoms with E-state index in [2.05, 4.69) is 16.4 Å². The Morgan fingerprint density at radius 1 is 1.22 bits per heavy atom. The molecule has 2 aromatic rings. The van der Waals surface area contributed by atoms with Crippen molar-refractivity contribution >= 4 is 53.3 Å². The second-order valence-electron chi connectivity index (χ2n) is 6.55. The lowest BCUT2D eigenvalue weighted by Crippen LogP contribution is -2.36. The van der Waals surface area contributed by atoms with Crippen molar-refractivity contribution in [2.45, 2.75) is 24.8 Å². The zero-order chi connectivity index (χ0) is 17.3. The Labute approximate surface area is 175 Å². The lowest BCUT2D eigenvalue weighted by molar-refractivity contribution is 0.102. The molecule has 144 valence electrons. The van der Waals surface area contributed by atoms with Crippen molar-refractivity contribution in [2.75, 3.05) is 11.1 Å². The molecule has 2 atom stereocenters. The van der Waals surface area contributed by atoms with Crippen LogP contribution in [-0.4, -0.2) is 21.8 Å². The molecular formula is C19H22Cl2N4OS. The van der Waals surface area contributed by atoms with Crippen molar-refractivity contribution < 1.29 is 4.79 Å². The van der Waals surface area contributed by atoms with Gasteiger partial charge < -0.3 is 11.1 Å². The number of carbonyl (C=O) groups excluding carboxylic acids is 1. The Morgan fingerprint density at radius 2 is 2.00 bits per heavy atom. The lowest BCUT2D eigenvalue weighted by atomic mass is 9.81. The van der Waals surface area contributed by atoms with Gasteiger partial charge in [0.25, 0.3) is 5.91 Å². The molecule has 0 unspecified atom stereocenters. The fourth-order valence-electron chi connectivity index (χ4n) is 3.86. The summed E-state index contributed by atoms with van der Waals surface area (Å²) in [4.78, 5) is 21.2. The number of nitrogens with zero attached hydrogens (tertiary/aromatic N) is 2. The number of nitrogens with one attached hydrogen (secondary N) is 1. The summed E-state index contributed by atoms with van der Waals surface area (Å²) >= 11 is 1.65. The van der Waals surface area contributed by atoms with Crippen LogP contribution in [0.25, 0.3) is 0 Å². The van der Waals surface area contributed by atoms with E-state index in [0.29, 0.717) is 16.6 Å². The van der Waals surface area contributed by atoms with Crippen LogP contribution in [0.15, 0.2) is 53.8 Å². The summed E-state index contributed by atoms with van der Waals surface area (Å²) < 4.78 is 0. The number of thioether (sulfide) groups is 1. The normalized spacial score (nSPS) is 23.3. The Balaban J connectivity index is 0.00000131. The van der Waals surface area contributed by atoms with Crippen LogP contribution in [0, 0.1) is 5.92 Å². The minimum Gasteiger partial charge on any atom is -0.379 e. The lowest BCUT2D eigenvalue weighted by Gasteiger charge is -2.36. The standard InChI is InChI=1S/C19H20N4OS.2ClH/c20-18-23-19(8-2-4-15(19)12-25-18)14-3-1-5-16(11-14)22-17(24)13-6-9-21-10-7-13;;/h1,3,5-7,9-11,15H,2,4,8,12H2,(H2,20,23)(H,22,24);2*1H/t15-,19+;;/m0../s1. The van der Waals surface area contributed by atoms with E-state index in [1.165, 1.54) is 6.42 Å². The first kappa shape index (κ1) is 21.5. The predicted octanol–water partition coefficient (Wildman–Crippen LogP) is 4.23. The van der Waals surface area contributed by atoms with Crippen LogP contribution in [0.5, 0.6) is 0 Å². The number of amidine groups is 1. The highest BCUT2D eigenvalue weighted by Gasteiger charge is 2.46. The van der Waals surface area contributed by atoms with Gasteiger partial charge in [-0.2, -0.15) is 0 Å². The highest BCUT2D eigenvalue weighted by atomic mass is 35.5. The third-order valence-electron chi connectivity index (χ3n) is 5.09. The number of benzene rings is 1. The Morgan fingerprint density at radius 3 is 2.78 bits per heavy atom. The Hall–Kier alpha value is -1.76. The molecule has 4 rings (SSSR count). The summed E-state index contributed by atoms with van der Waals surface area (Å²) in [5, 5.41) is 3.64. The minimum atomic E-state index is -0.229. The summed E-state index contributed by atoms with van der Waals surface area (Å²) in [6.45, 7) is 0. The second kappa shape index (κ2) is 8.95.